The molecule has 0 saturated carbocycles. The quantitative estimate of drug-likeness (QED) is 0.395. The third-order valence-electron chi connectivity index (χ3n) is 3.84. The fraction of sp³-hybridized carbons (Fsp3) is 0.348. The van der Waals surface area contributed by atoms with Crippen molar-refractivity contribution in [3.8, 4) is 23.0 Å². The lowest BCUT2D eigenvalue weighted by atomic mass is 10.1. The van der Waals surface area contributed by atoms with Crippen molar-refractivity contribution in [1.29, 1.82) is 0 Å². The van der Waals surface area contributed by atoms with E-state index in [1.54, 1.807) is 24.3 Å². The maximum absolute atomic E-state index is 12.9. The smallest absolute Gasteiger partial charge is 0.189 e. The molecule has 0 aromatic heterocycles. The van der Waals surface area contributed by atoms with E-state index in [9.17, 15) is 4.79 Å². The van der Waals surface area contributed by atoms with E-state index in [0.717, 1.165) is 11.3 Å². The van der Waals surface area contributed by atoms with Gasteiger partial charge >= 0.3 is 0 Å². The SMILES string of the molecule is CCOc1ccc(OCC)c(/C=C/C(=O)c2cccc(OCC)c2OCC)c1. The fourth-order valence-corrected chi connectivity index (χ4v) is 2.73. The molecule has 0 saturated heterocycles. The summed E-state index contributed by atoms with van der Waals surface area (Å²) >= 11 is 0. The predicted octanol–water partition coefficient (Wildman–Crippen LogP) is 5.18. The summed E-state index contributed by atoms with van der Waals surface area (Å²) in [6.07, 6.45) is 3.25. The van der Waals surface area contributed by atoms with Crippen LogP contribution in [-0.4, -0.2) is 32.2 Å². The van der Waals surface area contributed by atoms with Crippen molar-refractivity contribution >= 4 is 11.9 Å². The van der Waals surface area contributed by atoms with Gasteiger partial charge in [0.15, 0.2) is 17.3 Å². The molecule has 28 heavy (non-hydrogen) atoms. The van der Waals surface area contributed by atoms with E-state index < -0.39 is 0 Å². The molecule has 0 radical (unpaired) electrons. The molecule has 0 fully saturated rings. The van der Waals surface area contributed by atoms with E-state index >= 15 is 0 Å². The van der Waals surface area contributed by atoms with Gasteiger partial charge in [-0.1, -0.05) is 6.07 Å². The first-order valence-corrected chi connectivity index (χ1v) is 9.65. The Bertz CT molecular complexity index is 811. The molecule has 2 aromatic carbocycles. The van der Waals surface area contributed by atoms with Gasteiger partial charge in [0, 0.05) is 5.56 Å². The summed E-state index contributed by atoms with van der Waals surface area (Å²) in [6.45, 7) is 9.66. The van der Waals surface area contributed by atoms with Crippen LogP contribution < -0.4 is 18.9 Å². The maximum Gasteiger partial charge on any atom is 0.189 e. The van der Waals surface area contributed by atoms with Crippen LogP contribution >= 0.6 is 0 Å². The monoisotopic (exact) mass is 384 g/mol. The largest absolute Gasteiger partial charge is 0.494 e. The van der Waals surface area contributed by atoms with Crippen LogP contribution in [0, 0.1) is 0 Å². The zero-order chi connectivity index (χ0) is 20.4. The average molecular weight is 384 g/mol. The van der Waals surface area contributed by atoms with Gasteiger partial charge in [-0.2, -0.15) is 0 Å². The molecular formula is C23H28O5. The molecule has 0 heterocycles. The second-order valence-electron chi connectivity index (χ2n) is 5.76. The van der Waals surface area contributed by atoms with E-state index in [1.807, 2.05) is 45.9 Å². The normalized spacial score (nSPS) is 10.7. The highest BCUT2D eigenvalue weighted by molar-refractivity contribution is 6.09. The third-order valence-corrected chi connectivity index (χ3v) is 3.84. The molecule has 0 spiro atoms. The Labute approximate surface area is 166 Å². The summed E-state index contributed by atoms with van der Waals surface area (Å²) in [6, 6.07) is 10.9. The summed E-state index contributed by atoms with van der Waals surface area (Å²) < 4.78 is 22.5. The lowest BCUT2D eigenvalue weighted by Gasteiger charge is -2.13. The van der Waals surface area contributed by atoms with Crippen molar-refractivity contribution in [2.24, 2.45) is 0 Å². The second kappa shape index (κ2) is 11.0. The maximum atomic E-state index is 12.9. The third kappa shape index (κ3) is 5.52. The van der Waals surface area contributed by atoms with Crippen LogP contribution in [0.5, 0.6) is 23.0 Å². The van der Waals surface area contributed by atoms with Gasteiger partial charge in [-0.15, -0.1) is 0 Å². The minimum Gasteiger partial charge on any atom is -0.494 e. The van der Waals surface area contributed by atoms with Crippen molar-refractivity contribution < 1.29 is 23.7 Å². The number of benzene rings is 2. The molecule has 2 rings (SSSR count). The minimum absolute atomic E-state index is 0.172. The van der Waals surface area contributed by atoms with Gasteiger partial charge in [0.25, 0.3) is 0 Å². The van der Waals surface area contributed by atoms with Crippen LogP contribution in [0.3, 0.4) is 0 Å². The van der Waals surface area contributed by atoms with E-state index in [0.29, 0.717) is 49.2 Å². The Morgan fingerprint density at radius 2 is 1.50 bits per heavy atom. The van der Waals surface area contributed by atoms with E-state index in [2.05, 4.69) is 0 Å². The number of carbonyl (C=O) groups is 1. The van der Waals surface area contributed by atoms with Gasteiger partial charge in [-0.3, -0.25) is 4.79 Å². The first-order valence-electron chi connectivity index (χ1n) is 9.65. The van der Waals surface area contributed by atoms with Crippen LogP contribution in [0.2, 0.25) is 0 Å². The number of allylic oxidation sites excluding steroid dienone is 1. The summed E-state index contributed by atoms with van der Waals surface area (Å²) in [5.74, 6) is 2.29. The molecule has 0 bridgehead atoms. The molecular weight excluding hydrogens is 356 g/mol. The molecule has 150 valence electrons. The Morgan fingerprint density at radius 3 is 2.18 bits per heavy atom. The number of ether oxygens (including phenoxy) is 4. The van der Waals surface area contributed by atoms with E-state index in [-0.39, 0.29) is 5.78 Å². The van der Waals surface area contributed by atoms with Crippen LogP contribution in [0.4, 0.5) is 0 Å². The first kappa shape index (κ1) is 21.4. The standard InChI is InChI=1S/C23H28O5/c1-5-25-18-13-15-21(26-6-2)17(16-18)12-14-20(24)19-10-9-11-22(27-7-3)23(19)28-8-4/h9-16H,5-8H2,1-4H3/b14-12+. The summed E-state index contributed by atoms with van der Waals surface area (Å²) in [5.41, 5.74) is 1.24. The van der Waals surface area contributed by atoms with Crippen molar-refractivity contribution in [2.75, 3.05) is 26.4 Å². The summed E-state index contributed by atoms with van der Waals surface area (Å²) in [7, 11) is 0. The van der Waals surface area contributed by atoms with Gasteiger partial charge in [-0.05, 0) is 70.2 Å². The molecule has 0 aliphatic rings. The van der Waals surface area contributed by atoms with Crippen molar-refractivity contribution in [3.63, 3.8) is 0 Å². The van der Waals surface area contributed by atoms with Crippen LogP contribution in [-0.2, 0) is 0 Å². The number of ketones is 1. The molecule has 5 heteroatoms. The van der Waals surface area contributed by atoms with Gasteiger partial charge < -0.3 is 18.9 Å². The highest BCUT2D eigenvalue weighted by Gasteiger charge is 2.15. The van der Waals surface area contributed by atoms with Crippen LogP contribution in [0.1, 0.15) is 43.6 Å². The molecule has 0 unspecified atom stereocenters. The Morgan fingerprint density at radius 1 is 0.821 bits per heavy atom. The van der Waals surface area contributed by atoms with E-state index in [1.165, 1.54) is 6.08 Å². The molecule has 0 aliphatic heterocycles. The van der Waals surface area contributed by atoms with Crippen LogP contribution in [0.15, 0.2) is 42.5 Å². The number of para-hydroxylation sites is 1. The van der Waals surface area contributed by atoms with Crippen LogP contribution in [0.25, 0.3) is 6.08 Å². The zero-order valence-electron chi connectivity index (χ0n) is 17.0. The van der Waals surface area contributed by atoms with Gasteiger partial charge in [-0.25, -0.2) is 0 Å². The number of hydrogen-bond donors (Lipinski definition) is 0. The highest BCUT2D eigenvalue weighted by atomic mass is 16.5. The molecule has 2 aromatic rings. The van der Waals surface area contributed by atoms with Crippen molar-refractivity contribution in [2.45, 2.75) is 27.7 Å². The summed E-state index contributed by atoms with van der Waals surface area (Å²) in [5, 5.41) is 0. The number of carbonyl (C=O) groups excluding carboxylic acids is 1. The number of hydrogen-bond acceptors (Lipinski definition) is 5. The van der Waals surface area contributed by atoms with Gasteiger partial charge in [0.2, 0.25) is 0 Å². The average Bonchev–Trinajstić information content (AvgIpc) is 2.69. The fourth-order valence-electron chi connectivity index (χ4n) is 2.73. The van der Waals surface area contributed by atoms with Gasteiger partial charge in [0.05, 0.1) is 32.0 Å². The van der Waals surface area contributed by atoms with Gasteiger partial charge in [0.1, 0.15) is 11.5 Å². The highest BCUT2D eigenvalue weighted by Crippen LogP contribution is 2.32. The zero-order valence-corrected chi connectivity index (χ0v) is 17.0. The lowest BCUT2D eigenvalue weighted by molar-refractivity contribution is 0.104. The van der Waals surface area contributed by atoms with E-state index in [4.69, 9.17) is 18.9 Å². The molecule has 0 amide bonds. The molecule has 0 aliphatic carbocycles. The molecule has 0 atom stereocenters. The minimum atomic E-state index is -0.172. The van der Waals surface area contributed by atoms with Crippen molar-refractivity contribution in [1.82, 2.24) is 0 Å². The second-order valence-corrected chi connectivity index (χ2v) is 5.76. The Hall–Kier alpha value is -2.95. The Balaban J connectivity index is 2.35. The topological polar surface area (TPSA) is 54.0 Å². The predicted molar refractivity (Wildman–Crippen MR) is 111 cm³/mol. The molecule has 0 N–H and O–H groups in total. The van der Waals surface area contributed by atoms with Crippen molar-refractivity contribution in [3.05, 3.63) is 53.6 Å². The summed E-state index contributed by atoms with van der Waals surface area (Å²) in [4.78, 5) is 12.9. The Kier molecular flexibility index (Phi) is 8.40. The first-order chi connectivity index (χ1) is 13.6. The number of rotatable bonds is 11. The lowest BCUT2D eigenvalue weighted by Crippen LogP contribution is -2.05. The molecule has 5 nitrogen and oxygen atoms in total.